The van der Waals surface area contributed by atoms with Crippen LogP contribution in [0, 0.1) is 0 Å². The molecule has 24 heavy (non-hydrogen) atoms. The molecule has 3 rings (SSSR count). The molecule has 1 unspecified atom stereocenters. The number of methoxy groups -OCH3 is 1. The molecule has 0 aliphatic carbocycles. The summed E-state index contributed by atoms with van der Waals surface area (Å²) in [5.74, 6) is 0.931. The van der Waals surface area contributed by atoms with Crippen molar-refractivity contribution in [1.29, 1.82) is 0 Å². The maximum Gasteiger partial charge on any atom is 0.118 e. The smallest absolute Gasteiger partial charge is 0.118 e. The predicted octanol–water partition coefficient (Wildman–Crippen LogP) is 3.44. The highest BCUT2D eigenvalue weighted by Crippen LogP contribution is 2.16. The van der Waals surface area contributed by atoms with Crippen LogP contribution in [0.5, 0.6) is 5.75 Å². The standard InChI is InChI=1S/C21H28N2O/c1-18(16-19-8-10-21(24-2)11-9-19)23-14-12-22(13-15-23)17-20-6-4-3-5-7-20/h3-11,18H,12-17H2,1-2H3. The van der Waals surface area contributed by atoms with Gasteiger partial charge in [-0.2, -0.15) is 0 Å². The van der Waals surface area contributed by atoms with Gasteiger partial charge in [0.1, 0.15) is 5.75 Å². The van der Waals surface area contributed by atoms with E-state index in [9.17, 15) is 0 Å². The molecule has 0 saturated carbocycles. The van der Waals surface area contributed by atoms with Crippen LogP contribution in [0.4, 0.5) is 0 Å². The first-order valence-corrected chi connectivity index (χ1v) is 8.88. The van der Waals surface area contributed by atoms with Gasteiger partial charge >= 0.3 is 0 Å². The van der Waals surface area contributed by atoms with E-state index >= 15 is 0 Å². The van der Waals surface area contributed by atoms with Gasteiger partial charge in [0.2, 0.25) is 0 Å². The first kappa shape index (κ1) is 17.0. The number of ether oxygens (including phenoxy) is 1. The molecule has 3 heteroatoms. The molecule has 1 aliphatic rings. The third-order valence-corrected chi connectivity index (χ3v) is 4.97. The Hall–Kier alpha value is -1.84. The van der Waals surface area contributed by atoms with Crippen molar-refractivity contribution in [3.05, 3.63) is 65.7 Å². The zero-order chi connectivity index (χ0) is 16.8. The lowest BCUT2D eigenvalue weighted by Gasteiger charge is -2.38. The number of nitrogens with zero attached hydrogens (tertiary/aromatic N) is 2. The topological polar surface area (TPSA) is 15.7 Å². The summed E-state index contributed by atoms with van der Waals surface area (Å²) >= 11 is 0. The summed E-state index contributed by atoms with van der Waals surface area (Å²) in [6.45, 7) is 8.04. The zero-order valence-electron chi connectivity index (χ0n) is 14.8. The van der Waals surface area contributed by atoms with Crippen LogP contribution in [0.2, 0.25) is 0 Å². The first-order valence-electron chi connectivity index (χ1n) is 8.88. The second-order valence-electron chi connectivity index (χ2n) is 6.70. The minimum absolute atomic E-state index is 0.581. The van der Waals surface area contributed by atoms with E-state index in [-0.39, 0.29) is 0 Å². The van der Waals surface area contributed by atoms with Crippen LogP contribution in [-0.4, -0.2) is 49.1 Å². The quantitative estimate of drug-likeness (QED) is 0.809. The Kier molecular flexibility index (Phi) is 5.89. The maximum absolute atomic E-state index is 5.24. The van der Waals surface area contributed by atoms with Gasteiger partial charge in [0, 0.05) is 38.8 Å². The van der Waals surface area contributed by atoms with Crippen molar-refractivity contribution in [3.63, 3.8) is 0 Å². The molecular weight excluding hydrogens is 296 g/mol. The van der Waals surface area contributed by atoms with Crippen molar-refractivity contribution in [2.45, 2.75) is 25.9 Å². The molecule has 0 bridgehead atoms. The summed E-state index contributed by atoms with van der Waals surface area (Å²) in [5.41, 5.74) is 2.80. The number of hydrogen-bond acceptors (Lipinski definition) is 3. The lowest BCUT2D eigenvalue weighted by molar-refractivity contribution is 0.0978. The van der Waals surface area contributed by atoms with Crippen LogP contribution in [0.15, 0.2) is 54.6 Å². The van der Waals surface area contributed by atoms with Gasteiger partial charge in [-0.25, -0.2) is 0 Å². The van der Waals surface area contributed by atoms with Crippen molar-refractivity contribution in [3.8, 4) is 5.75 Å². The van der Waals surface area contributed by atoms with Crippen LogP contribution >= 0.6 is 0 Å². The molecule has 1 saturated heterocycles. The first-order chi connectivity index (χ1) is 11.7. The summed E-state index contributed by atoms with van der Waals surface area (Å²) in [7, 11) is 1.71. The average molecular weight is 324 g/mol. The van der Waals surface area contributed by atoms with Crippen molar-refractivity contribution in [1.82, 2.24) is 9.80 Å². The van der Waals surface area contributed by atoms with Crippen molar-refractivity contribution < 1.29 is 4.74 Å². The zero-order valence-corrected chi connectivity index (χ0v) is 14.8. The largest absolute Gasteiger partial charge is 0.497 e. The summed E-state index contributed by atoms with van der Waals surface area (Å²) in [5, 5.41) is 0. The lowest BCUT2D eigenvalue weighted by atomic mass is 10.0. The van der Waals surface area contributed by atoms with Gasteiger partial charge in [-0.15, -0.1) is 0 Å². The maximum atomic E-state index is 5.24. The van der Waals surface area contributed by atoms with E-state index in [2.05, 4.69) is 71.3 Å². The molecule has 0 aromatic heterocycles. The highest BCUT2D eigenvalue weighted by atomic mass is 16.5. The van der Waals surface area contributed by atoms with E-state index in [1.54, 1.807) is 7.11 Å². The molecule has 0 N–H and O–H groups in total. The van der Waals surface area contributed by atoms with Gasteiger partial charge < -0.3 is 4.74 Å². The molecule has 0 amide bonds. The molecule has 2 aromatic carbocycles. The molecule has 0 spiro atoms. The van der Waals surface area contributed by atoms with Gasteiger partial charge in [-0.3, -0.25) is 9.80 Å². The van der Waals surface area contributed by atoms with Crippen LogP contribution in [0.3, 0.4) is 0 Å². The van der Waals surface area contributed by atoms with Crippen LogP contribution in [-0.2, 0) is 13.0 Å². The highest BCUT2D eigenvalue weighted by molar-refractivity contribution is 5.27. The Morgan fingerprint density at radius 3 is 2.17 bits per heavy atom. The van der Waals surface area contributed by atoms with Gasteiger partial charge in [-0.1, -0.05) is 42.5 Å². The summed E-state index contributed by atoms with van der Waals surface area (Å²) in [6, 6.07) is 19.8. The normalized spacial score (nSPS) is 17.6. The Bertz CT molecular complexity index is 603. The third kappa shape index (κ3) is 4.59. The molecule has 128 valence electrons. The molecule has 0 radical (unpaired) electrons. The molecule has 2 aromatic rings. The fourth-order valence-electron chi connectivity index (χ4n) is 3.44. The number of hydrogen-bond donors (Lipinski definition) is 0. The lowest BCUT2D eigenvalue weighted by Crippen LogP contribution is -2.49. The monoisotopic (exact) mass is 324 g/mol. The highest BCUT2D eigenvalue weighted by Gasteiger charge is 2.21. The van der Waals surface area contributed by atoms with Crippen LogP contribution in [0.1, 0.15) is 18.1 Å². The van der Waals surface area contributed by atoms with E-state index in [1.807, 2.05) is 0 Å². The molecule has 1 heterocycles. The molecule has 1 atom stereocenters. The van der Waals surface area contributed by atoms with E-state index in [1.165, 1.54) is 11.1 Å². The summed E-state index contributed by atoms with van der Waals surface area (Å²) in [4.78, 5) is 5.18. The van der Waals surface area contributed by atoms with Crippen LogP contribution in [0.25, 0.3) is 0 Å². The predicted molar refractivity (Wildman–Crippen MR) is 99.5 cm³/mol. The minimum Gasteiger partial charge on any atom is -0.497 e. The second kappa shape index (κ2) is 8.32. The van der Waals surface area contributed by atoms with E-state index in [0.29, 0.717) is 6.04 Å². The Balaban J connectivity index is 1.46. The van der Waals surface area contributed by atoms with Crippen molar-refractivity contribution in [2.75, 3.05) is 33.3 Å². The van der Waals surface area contributed by atoms with Crippen molar-refractivity contribution in [2.24, 2.45) is 0 Å². The molecule has 1 fully saturated rings. The fourth-order valence-corrected chi connectivity index (χ4v) is 3.44. The molecular formula is C21H28N2O. The SMILES string of the molecule is COc1ccc(CC(C)N2CCN(Cc3ccccc3)CC2)cc1. The fraction of sp³-hybridized carbons (Fsp3) is 0.429. The average Bonchev–Trinajstić information content (AvgIpc) is 2.64. The van der Waals surface area contributed by atoms with E-state index in [0.717, 1.165) is 44.9 Å². The third-order valence-electron chi connectivity index (χ3n) is 4.97. The number of benzene rings is 2. The van der Waals surface area contributed by atoms with Gasteiger partial charge in [0.05, 0.1) is 7.11 Å². The summed E-state index contributed by atoms with van der Waals surface area (Å²) < 4.78 is 5.24. The Labute approximate surface area is 145 Å². The second-order valence-corrected chi connectivity index (χ2v) is 6.70. The van der Waals surface area contributed by atoms with Gasteiger partial charge in [-0.05, 0) is 36.6 Å². The van der Waals surface area contributed by atoms with E-state index < -0.39 is 0 Å². The van der Waals surface area contributed by atoms with Crippen molar-refractivity contribution >= 4 is 0 Å². The Morgan fingerprint density at radius 1 is 0.875 bits per heavy atom. The summed E-state index contributed by atoms with van der Waals surface area (Å²) in [6.07, 6.45) is 1.10. The van der Waals surface area contributed by atoms with Gasteiger partial charge in [0.25, 0.3) is 0 Å². The number of piperazine rings is 1. The minimum atomic E-state index is 0.581. The van der Waals surface area contributed by atoms with E-state index in [4.69, 9.17) is 4.74 Å². The van der Waals surface area contributed by atoms with Gasteiger partial charge in [0.15, 0.2) is 0 Å². The molecule has 1 aliphatic heterocycles. The Morgan fingerprint density at radius 2 is 1.54 bits per heavy atom. The number of rotatable bonds is 6. The molecule has 3 nitrogen and oxygen atoms in total. The van der Waals surface area contributed by atoms with Crippen LogP contribution < -0.4 is 4.74 Å².